The lowest BCUT2D eigenvalue weighted by atomic mass is 10.1. The molecule has 1 N–H and O–H groups in total. The molecular weight excluding hydrogens is 204 g/mol. The normalized spacial score (nSPS) is 12.4. The maximum atomic E-state index is 9.93. The first-order chi connectivity index (χ1) is 7.79. The van der Waals surface area contributed by atoms with Crippen molar-refractivity contribution in [3.63, 3.8) is 0 Å². The maximum Gasteiger partial charge on any atom is 0.125 e. The van der Waals surface area contributed by atoms with Gasteiger partial charge in [-0.25, -0.2) is 0 Å². The molecule has 3 heteroatoms. The van der Waals surface area contributed by atoms with Gasteiger partial charge < -0.3 is 14.6 Å². The van der Waals surface area contributed by atoms with Gasteiger partial charge >= 0.3 is 0 Å². The van der Waals surface area contributed by atoms with Crippen molar-refractivity contribution in [1.29, 1.82) is 0 Å². The Labute approximate surface area is 97.0 Å². The van der Waals surface area contributed by atoms with Crippen molar-refractivity contribution in [2.24, 2.45) is 0 Å². The molecule has 16 heavy (non-hydrogen) atoms. The molecule has 1 unspecified atom stereocenters. The summed E-state index contributed by atoms with van der Waals surface area (Å²) < 4.78 is 10.8. The minimum atomic E-state index is -0.618. The van der Waals surface area contributed by atoms with Crippen molar-refractivity contribution in [1.82, 2.24) is 0 Å². The second-order valence-corrected chi connectivity index (χ2v) is 3.56. The Bertz CT molecular complexity index is 299. The van der Waals surface area contributed by atoms with Crippen molar-refractivity contribution >= 4 is 0 Å². The minimum Gasteiger partial charge on any atom is -0.493 e. The molecule has 0 heterocycles. The molecule has 0 aliphatic rings. The molecular formula is C13H20O3. The average molecular weight is 224 g/mol. The van der Waals surface area contributed by atoms with Crippen LogP contribution in [0, 0.1) is 0 Å². The van der Waals surface area contributed by atoms with Gasteiger partial charge in [0, 0.05) is 12.2 Å². The van der Waals surface area contributed by atoms with E-state index in [1.807, 2.05) is 31.2 Å². The van der Waals surface area contributed by atoms with Gasteiger partial charge in [-0.05, 0) is 19.4 Å². The molecule has 0 saturated carbocycles. The fourth-order valence-corrected chi connectivity index (χ4v) is 1.42. The molecule has 3 nitrogen and oxygen atoms in total. The molecule has 90 valence electrons. The van der Waals surface area contributed by atoms with Gasteiger partial charge in [0.1, 0.15) is 11.9 Å². The van der Waals surface area contributed by atoms with E-state index in [0.29, 0.717) is 19.8 Å². The van der Waals surface area contributed by atoms with E-state index in [2.05, 4.69) is 6.92 Å². The zero-order valence-electron chi connectivity index (χ0n) is 9.98. The first kappa shape index (κ1) is 13.0. The molecule has 0 aromatic heterocycles. The summed E-state index contributed by atoms with van der Waals surface area (Å²) in [5, 5.41) is 9.93. The molecule has 0 saturated heterocycles. The van der Waals surface area contributed by atoms with E-state index in [-0.39, 0.29) is 0 Å². The van der Waals surface area contributed by atoms with E-state index < -0.39 is 6.10 Å². The number of benzene rings is 1. The Morgan fingerprint density at radius 1 is 1.25 bits per heavy atom. The SMILES string of the molecule is CCCOc1ccccc1C(O)COCC. The van der Waals surface area contributed by atoms with Crippen LogP contribution in [0.4, 0.5) is 0 Å². The summed E-state index contributed by atoms with van der Waals surface area (Å²) in [7, 11) is 0. The summed E-state index contributed by atoms with van der Waals surface area (Å²) in [6, 6.07) is 7.54. The van der Waals surface area contributed by atoms with Gasteiger partial charge in [0.2, 0.25) is 0 Å². The third kappa shape index (κ3) is 3.83. The van der Waals surface area contributed by atoms with Crippen LogP contribution >= 0.6 is 0 Å². The molecule has 0 fully saturated rings. The first-order valence-corrected chi connectivity index (χ1v) is 5.77. The van der Waals surface area contributed by atoms with E-state index in [1.54, 1.807) is 0 Å². The quantitative estimate of drug-likeness (QED) is 0.773. The number of aliphatic hydroxyl groups is 1. The number of hydrogen-bond acceptors (Lipinski definition) is 3. The molecule has 1 atom stereocenters. The van der Waals surface area contributed by atoms with Crippen LogP contribution in [0.25, 0.3) is 0 Å². The first-order valence-electron chi connectivity index (χ1n) is 5.77. The molecule has 0 radical (unpaired) electrons. The molecule has 0 amide bonds. The number of hydrogen-bond donors (Lipinski definition) is 1. The smallest absolute Gasteiger partial charge is 0.125 e. The zero-order chi connectivity index (χ0) is 11.8. The molecule has 0 bridgehead atoms. The van der Waals surface area contributed by atoms with Gasteiger partial charge in [0.15, 0.2) is 0 Å². The van der Waals surface area contributed by atoms with Gasteiger partial charge in [-0.2, -0.15) is 0 Å². The fraction of sp³-hybridized carbons (Fsp3) is 0.538. The molecule has 0 spiro atoms. The van der Waals surface area contributed by atoms with Crippen LogP contribution in [0.3, 0.4) is 0 Å². The average Bonchev–Trinajstić information content (AvgIpc) is 2.33. The highest BCUT2D eigenvalue weighted by Crippen LogP contribution is 2.25. The highest BCUT2D eigenvalue weighted by molar-refractivity contribution is 5.35. The summed E-state index contributed by atoms with van der Waals surface area (Å²) in [5.41, 5.74) is 0.796. The Hall–Kier alpha value is -1.06. The van der Waals surface area contributed by atoms with Gasteiger partial charge in [-0.15, -0.1) is 0 Å². The second-order valence-electron chi connectivity index (χ2n) is 3.56. The molecule has 0 aliphatic heterocycles. The van der Waals surface area contributed by atoms with E-state index in [4.69, 9.17) is 9.47 Å². The van der Waals surface area contributed by atoms with Crippen molar-refractivity contribution in [3.05, 3.63) is 29.8 Å². The highest BCUT2D eigenvalue weighted by atomic mass is 16.5. The Balaban J connectivity index is 2.68. The van der Waals surface area contributed by atoms with E-state index in [0.717, 1.165) is 17.7 Å². The predicted molar refractivity (Wildman–Crippen MR) is 63.7 cm³/mol. The fourth-order valence-electron chi connectivity index (χ4n) is 1.42. The molecule has 0 aliphatic carbocycles. The van der Waals surface area contributed by atoms with E-state index in [1.165, 1.54) is 0 Å². The van der Waals surface area contributed by atoms with Gasteiger partial charge in [0.05, 0.1) is 13.2 Å². The van der Waals surface area contributed by atoms with Crippen molar-refractivity contribution < 1.29 is 14.6 Å². The van der Waals surface area contributed by atoms with Crippen LogP contribution in [0.15, 0.2) is 24.3 Å². The van der Waals surface area contributed by atoms with Gasteiger partial charge in [-0.3, -0.25) is 0 Å². The molecule has 1 aromatic carbocycles. The van der Waals surface area contributed by atoms with Crippen molar-refractivity contribution in [3.8, 4) is 5.75 Å². The van der Waals surface area contributed by atoms with Gasteiger partial charge in [-0.1, -0.05) is 25.1 Å². The summed E-state index contributed by atoms with van der Waals surface area (Å²) in [6.45, 7) is 5.54. The highest BCUT2D eigenvalue weighted by Gasteiger charge is 2.12. The van der Waals surface area contributed by atoms with Crippen LogP contribution in [0.1, 0.15) is 31.9 Å². The number of para-hydroxylation sites is 1. The summed E-state index contributed by atoms with van der Waals surface area (Å²) in [4.78, 5) is 0. The Morgan fingerprint density at radius 3 is 2.69 bits per heavy atom. The lowest BCUT2D eigenvalue weighted by Gasteiger charge is -2.15. The molecule has 1 rings (SSSR count). The van der Waals surface area contributed by atoms with Gasteiger partial charge in [0.25, 0.3) is 0 Å². The third-order valence-electron chi connectivity index (χ3n) is 2.22. The van der Waals surface area contributed by atoms with Crippen LogP contribution in [-0.2, 0) is 4.74 Å². The number of aliphatic hydroxyl groups excluding tert-OH is 1. The van der Waals surface area contributed by atoms with E-state index in [9.17, 15) is 5.11 Å². The monoisotopic (exact) mass is 224 g/mol. The maximum absolute atomic E-state index is 9.93. The van der Waals surface area contributed by atoms with Crippen LogP contribution in [0.2, 0.25) is 0 Å². The summed E-state index contributed by atoms with van der Waals surface area (Å²) in [5.74, 6) is 0.747. The van der Waals surface area contributed by atoms with E-state index >= 15 is 0 Å². The predicted octanol–water partition coefficient (Wildman–Crippen LogP) is 2.55. The zero-order valence-corrected chi connectivity index (χ0v) is 9.98. The minimum absolute atomic E-state index is 0.309. The molecule has 1 aromatic rings. The summed E-state index contributed by atoms with van der Waals surface area (Å²) in [6.07, 6.45) is 0.337. The van der Waals surface area contributed by atoms with Crippen LogP contribution < -0.4 is 4.74 Å². The summed E-state index contributed by atoms with van der Waals surface area (Å²) >= 11 is 0. The van der Waals surface area contributed by atoms with Crippen LogP contribution in [0.5, 0.6) is 5.75 Å². The largest absolute Gasteiger partial charge is 0.493 e. The van der Waals surface area contributed by atoms with Crippen molar-refractivity contribution in [2.75, 3.05) is 19.8 Å². The third-order valence-corrected chi connectivity index (χ3v) is 2.22. The Morgan fingerprint density at radius 2 is 2.00 bits per heavy atom. The lowest BCUT2D eigenvalue weighted by molar-refractivity contribution is 0.0404. The standard InChI is InChI=1S/C13H20O3/c1-3-9-16-13-8-6-5-7-11(13)12(14)10-15-4-2/h5-8,12,14H,3-4,9-10H2,1-2H3. The second kappa shape index (κ2) is 7.25. The Kier molecular flexibility index (Phi) is 5.90. The number of ether oxygens (including phenoxy) is 2. The van der Waals surface area contributed by atoms with Crippen molar-refractivity contribution in [2.45, 2.75) is 26.4 Å². The number of rotatable bonds is 7. The van der Waals surface area contributed by atoms with Crippen LogP contribution in [-0.4, -0.2) is 24.9 Å². The topological polar surface area (TPSA) is 38.7 Å². The lowest BCUT2D eigenvalue weighted by Crippen LogP contribution is -2.09.